The van der Waals surface area contributed by atoms with E-state index < -0.39 is 0 Å². The quantitative estimate of drug-likeness (QED) is 0.640. The third-order valence-electron chi connectivity index (χ3n) is 4.87. The van der Waals surface area contributed by atoms with Crippen LogP contribution in [0.2, 0.25) is 0 Å². The van der Waals surface area contributed by atoms with Gasteiger partial charge in [0.2, 0.25) is 0 Å². The van der Waals surface area contributed by atoms with Crippen LogP contribution in [0.1, 0.15) is 42.4 Å². The average molecular weight is 327 g/mol. The fourth-order valence-electron chi connectivity index (χ4n) is 3.72. The van der Waals surface area contributed by atoms with Crippen LogP contribution in [0.15, 0.2) is 11.0 Å². The van der Waals surface area contributed by atoms with Gasteiger partial charge in [-0.3, -0.25) is 9.89 Å². The Bertz CT molecular complexity index is 947. The standard InChI is InChI=1S/C16H17N5OS/c22-16-14-12(19-15(20-16)11-5-2-6-17-11)8-3-1-4-10-9(7-18-21-10)13(8)23-14/h7,11,17H,1-6H2,(H,18,21)(H,19,20,22)/t11-/m0/s1. The van der Waals surface area contributed by atoms with Gasteiger partial charge in [-0.1, -0.05) is 0 Å². The summed E-state index contributed by atoms with van der Waals surface area (Å²) < 4.78 is 0.741. The minimum atomic E-state index is -0.0122. The largest absolute Gasteiger partial charge is 0.308 e. The van der Waals surface area contributed by atoms with Crippen molar-refractivity contribution in [2.24, 2.45) is 0 Å². The molecule has 1 aliphatic heterocycles. The maximum Gasteiger partial charge on any atom is 0.268 e. The summed E-state index contributed by atoms with van der Waals surface area (Å²) in [5, 5.41) is 10.7. The van der Waals surface area contributed by atoms with Gasteiger partial charge in [-0.15, -0.1) is 11.3 Å². The summed E-state index contributed by atoms with van der Waals surface area (Å²) in [6, 6.07) is 0.179. The minimum Gasteiger partial charge on any atom is -0.308 e. The molecule has 0 radical (unpaired) electrons. The third kappa shape index (κ3) is 2.00. The zero-order valence-electron chi connectivity index (χ0n) is 12.6. The molecule has 4 heterocycles. The Labute approximate surface area is 136 Å². The monoisotopic (exact) mass is 327 g/mol. The summed E-state index contributed by atoms with van der Waals surface area (Å²) in [7, 11) is 0. The number of thiophene rings is 1. The van der Waals surface area contributed by atoms with Crippen molar-refractivity contribution in [2.45, 2.75) is 38.1 Å². The van der Waals surface area contributed by atoms with Crippen LogP contribution in [0.5, 0.6) is 0 Å². The van der Waals surface area contributed by atoms with Gasteiger partial charge in [-0.05, 0) is 44.2 Å². The summed E-state index contributed by atoms with van der Waals surface area (Å²) >= 11 is 1.55. The van der Waals surface area contributed by atoms with Crippen molar-refractivity contribution in [1.82, 2.24) is 25.5 Å². The van der Waals surface area contributed by atoms with Gasteiger partial charge in [0.25, 0.3) is 5.56 Å². The van der Waals surface area contributed by atoms with Crippen molar-refractivity contribution in [1.29, 1.82) is 0 Å². The molecule has 2 aliphatic rings. The maximum absolute atomic E-state index is 12.6. The molecule has 5 rings (SSSR count). The van der Waals surface area contributed by atoms with Crippen LogP contribution in [0.4, 0.5) is 0 Å². The van der Waals surface area contributed by atoms with E-state index in [9.17, 15) is 4.79 Å². The van der Waals surface area contributed by atoms with Crippen LogP contribution in [-0.2, 0) is 12.8 Å². The molecule has 0 saturated carbocycles. The van der Waals surface area contributed by atoms with E-state index in [0.29, 0.717) is 0 Å². The molecule has 0 unspecified atom stereocenters. The zero-order chi connectivity index (χ0) is 15.4. The van der Waals surface area contributed by atoms with Crippen LogP contribution in [0.25, 0.3) is 20.7 Å². The van der Waals surface area contributed by atoms with E-state index in [1.165, 1.54) is 11.3 Å². The van der Waals surface area contributed by atoms with Crippen LogP contribution >= 0.6 is 11.3 Å². The molecule has 3 aromatic rings. The molecule has 1 aliphatic carbocycles. The highest BCUT2D eigenvalue weighted by molar-refractivity contribution is 7.22. The molecule has 0 bridgehead atoms. The number of aryl methyl sites for hydroxylation is 2. The molecule has 3 aromatic heterocycles. The lowest BCUT2D eigenvalue weighted by atomic mass is 10.1. The highest BCUT2D eigenvalue weighted by Gasteiger charge is 2.25. The number of nitrogens with zero attached hydrogens (tertiary/aromatic N) is 2. The van der Waals surface area contributed by atoms with Crippen molar-refractivity contribution in [3.05, 3.63) is 33.6 Å². The molecule has 6 nitrogen and oxygen atoms in total. The number of aromatic amines is 2. The number of fused-ring (bicyclic) bond motifs is 5. The molecular formula is C16H17N5OS. The predicted octanol–water partition coefficient (Wildman–Crippen LogP) is 2.29. The topological polar surface area (TPSA) is 86.5 Å². The predicted molar refractivity (Wildman–Crippen MR) is 89.8 cm³/mol. The van der Waals surface area contributed by atoms with E-state index in [1.807, 2.05) is 6.20 Å². The number of hydrogen-bond donors (Lipinski definition) is 3. The van der Waals surface area contributed by atoms with E-state index in [4.69, 9.17) is 4.98 Å². The highest BCUT2D eigenvalue weighted by Crippen LogP contribution is 2.40. The molecule has 0 spiro atoms. The SMILES string of the molecule is O=c1[nH]c([C@@H]2CCCN2)nc2c3c(sc12)-c1cn[nH]c1CCC3. The number of nitrogens with one attached hydrogen (secondary N) is 3. The Morgan fingerprint density at radius 1 is 1.26 bits per heavy atom. The minimum absolute atomic E-state index is 0.0122. The lowest BCUT2D eigenvalue weighted by Crippen LogP contribution is -2.20. The number of rotatable bonds is 1. The second kappa shape index (κ2) is 5.01. The highest BCUT2D eigenvalue weighted by atomic mass is 32.1. The van der Waals surface area contributed by atoms with Crippen LogP contribution < -0.4 is 10.9 Å². The molecule has 0 aromatic carbocycles. The van der Waals surface area contributed by atoms with Crippen molar-refractivity contribution in [3.8, 4) is 10.4 Å². The Kier molecular flexibility index (Phi) is 2.93. The van der Waals surface area contributed by atoms with E-state index >= 15 is 0 Å². The molecule has 118 valence electrons. The molecule has 0 amide bonds. The second-order valence-electron chi connectivity index (χ2n) is 6.30. The van der Waals surface area contributed by atoms with Crippen LogP contribution in [0.3, 0.4) is 0 Å². The van der Waals surface area contributed by atoms with E-state index in [0.717, 1.165) is 65.1 Å². The first kappa shape index (κ1) is 13.4. The number of hydrogen-bond acceptors (Lipinski definition) is 5. The summed E-state index contributed by atoms with van der Waals surface area (Å²) in [5.74, 6) is 0.789. The molecule has 1 atom stereocenters. The van der Waals surface area contributed by atoms with Gasteiger partial charge < -0.3 is 10.3 Å². The summed E-state index contributed by atoms with van der Waals surface area (Å²) in [4.78, 5) is 21.6. The molecular weight excluding hydrogens is 310 g/mol. The molecule has 1 saturated heterocycles. The summed E-state index contributed by atoms with van der Waals surface area (Å²) in [6.07, 6.45) is 7.06. The normalized spacial score (nSPS) is 20.4. The molecule has 7 heteroatoms. The van der Waals surface area contributed by atoms with Gasteiger partial charge in [0.05, 0.1) is 17.8 Å². The van der Waals surface area contributed by atoms with Gasteiger partial charge in [-0.25, -0.2) is 4.98 Å². The van der Waals surface area contributed by atoms with Gasteiger partial charge in [-0.2, -0.15) is 5.10 Å². The smallest absolute Gasteiger partial charge is 0.268 e. The van der Waals surface area contributed by atoms with E-state index in [2.05, 4.69) is 20.5 Å². The lowest BCUT2D eigenvalue weighted by molar-refractivity contribution is 0.606. The first-order valence-electron chi connectivity index (χ1n) is 8.13. The first-order chi connectivity index (χ1) is 11.3. The first-order valence-corrected chi connectivity index (χ1v) is 8.94. The Morgan fingerprint density at radius 2 is 2.22 bits per heavy atom. The van der Waals surface area contributed by atoms with Gasteiger partial charge >= 0.3 is 0 Å². The second-order valence-corrected chi connectivity index (χ2v) is 7.32. The fraction of sp³-hybridized carbons (Fsp3) is 0.438. The van der Waals surface area contributed by atoms with Crippen molar-refractivity contribution >= 4 is 21.6 Å². The average Bonchev–Trinajstić information content (AvgIpc) is 3.26. The van der Waals surface area contributed by atoms with Crippen LogP contribution in [-0.4, -0.2) is 26.7 Å². The fourth-order valence-corrected chi connectivity index (χ4v) is 4.94. The van der Waals surface area contributed by atoms with Crippen molar-refractivity contribution in [3.63, 3.8) is 0 Å². The molecule has 3 N–H and O–H groups in total. The Hall–Kier alpha value is -1.99. The van der Waals surface area contributed by atoms with E-state index in [-0.39, 0.29) is 11.6 Å². The Morgan fingerprint density at radius 3 is 3.09 bits per heavy atom. The maximum atomic E-state index is 12.6. The van der Waals surface area contributed by atoms with Gasteiger partial charge in [0.1, 0.15) is 10.5 Å². The third-order valence-corrected chi connectivity index (χ3v) is 6.12. The Balaban J connectivity index is 1.76. The number of H-pyrrole nitrogens is 2. The summed E-state index contributed by atoms with van der Waals surface area (Å²) in [6.45, 7) is 0.993. The number of aromatic nitrogens is 4. The molecule has 1 fully saturated rings. The zero-order valence-corrected chi connectivity index (χ0v) is 13.4. The summed E-state index contributed by atoms with van der Waals surface area (Å²) in [5.41, 5.74) is 4.41. The van der Waals surface area contributed by atoms with Gasteiger partial charge in [0.15, 0.2) is 0 Å². The van der Waals surface area contributed by atoms with Crippen molar-refractivity contribution < 1.29 is 0 Å². The van der Waals surface area contributed by atoms with E-state index in [1.54, 1.807) is 11.3 Å². The van der Waals surface area contributed by atoms with Crippen molar-refractivity contribution in [2.75, 3.05) is 6.54 Å². The van der Waals surface area contributed by atoms with Gasteiger partial charge in [0, 0.05) is 16.1 Å². The molecule has 23 heavy (non-hydrogen) atoms. The van der Waals surface area contributed by atoms with Crippen LogP contribution in [0, 0.1) is 0 Å². The lowest BCUT2D eigenvalue weighted by Gasteiger charge is -2.09.